The number of fused-ring (bicyclic) bond motifs is 1. The van der Waals surface area contributed by atoms with Crippen molar-refractivity contribution < 1.29 is 29.1 Å². The molecule has 1 aliphatic carbocycles. The molecule has 4 aromatic heterocycles. The van der Waals surface area contributed by atoms with E-state index in [4.69, 9.17) is 9.26 Å². The van der Waals surface area contributed by atoms with E-state index in [9.17, 15) is 19.8 Å². The van der Waals surface area contributed by atoms with Crippen LogP contribution in [0, 0.1) is 12.8 Å². The minimum Gasteiger partial charge on any atom is -0.507 e. The zero-order chi connectivity index (χ0) is 41.7. The molecular weight excluding hydrogens is 781 g/mol. The smallest absolute Gasteiger partial charge is 0.254 e. The van der Waals surface area contributed by atoms with E-state index >= 15 is 0 Å². The second-order valence-corrected chi connectivity index (χ2v) is 17.8. The number of carbonyl (C=O) groups is 2. The number of ether oxygens (including phenoxy) is 1. The monoisotopic (exact) mass is 830 g/mol. The number of hydrogen-bond donors (Lipinski definition) is 4. The van der Waals surface area contributed by atoms with Gasteiger partial charge in [-0.3, -0.25) is 14.5 Å². The summed E-state index contributed by atoms with van der Waals surface area (Å²) < 4.78 is 11.8. The summed E-state index contributed by atoms with van der Waals surface area (Å²) >= 11 is 1.59. The van der Waals surface area contributed by atoms with E-state index in [0.29, 0.717) is 35.4 Å². The number of aliphatic hydroxyl groups is 1. The fourth-order valence-electron chi connectivity index (χ4n) is 9.44. The zero-order valence-electron chi connectivity index (χ0n) is 34.2. The molecule has 1 spiro atoms. The third kappa shape index (κ3) is 7.43. The highest BCUT2D eigenvalue weighted by molar-refractivity contribution is 7.13. The van der Waals surface area contributed by atoms with Crippen LogP contribution in [0.1, 0.15) is 86.9 Å². The Morgan fingerprint density at radius 2 is 1.90 bits per heavy atom. The number of para-hydroxylation sites is 1. The molecule has 4 N–H and O–H groups in total. The van der Waals surface area contributed by atoms with Crippen LogP contribution in [0.25, 0.3) is 32.7 Å². The summed E-state index contributed by atoms with van der Waals surface area (Å²) in [6.07, 6.45) is 4.57. The molecule has 0 unspecified atom stereocenters. The predicted molar refractivity (Wildman–Crippen MR) is 226 cm³/mol. The second kappa shape index (κ2) is 16.1. The SMILES string of the molecule is Cc1ncsc1-c1ccc([C@H](C)NC(=O)[C@@H]2C[C@@H](O)CN2C(=O)[C@@H](c2cc(OCCN3CCC34CC(c3c[nH]c5nnc(-c6ccccc6O)cc35)C4)no2)C(C)C)cc1. The molecule has 6 aromatic rings. The first-order valence-electron chi connectivity index (χ1n) is 20.7. The van der Waals surface area contributed by atoms with Gasteiger partial charge in [0.05, 0.1) is 33.9 Å². The summed E-state index contributed by atoms with van der Waals surface area (Å²) in [5, 5.41) is 38.1. The number of likely N-dealkylation sites (tertiary alicyclic amines) is 2. The van der Waals surface area contributed by atoms with Crippen molar-refractivity contribution >= 4 is 34.2 Å². The average Bonchev–Trinajstić information content (AvgIpc) is 4.03. The Morgan fingerprint density at radius 3 is 2.62 bits per heavy atom. The fourth-order valence-corrected chi connectivity index (χ4v) is 10.3. The Bertz CT molecular complexity index is 2510. The highest BCUT2D eigenvalue weighted by atomic mass is 32.1. The second-order valence-electron chi connectivity index (χ2n) is 17.0. The van der Waals surface area contributed by atoms with Crippen molar-refractivity contribution in [3.05, 3.63) is 95.0 Å². The molecule has 3 fully saturated rings. The predicted octanol–water partition coefficient (Wildman–Crippen LogP) is 6.73. The molecule has 312 valence electrons. The lowest BCUT2D eigenvalue weighted by molar-refractivity contribution is -0.141. The number of rotatable bonds is 13. The number of aliphatic hydroxyl groups excluding tert-OH is 1. The van der Waals surface area contributed by atoms with Gasteiger partial charge in [-0.25, -0.2) is 4.98 Å². The molecule has 60 heavy (non-hydrogen) atoms. The van der Waals surface area contributed by atoms with Gasteiger partial charge in [0.1, 0.15) is 24.3 Å². The molecule has 2 amide bonds. The quantitative estimate of drug-likeness (QED) is 0.0969. The van der Waals surface area contributed by atoms with Crippen molar-refractivity contribution in [3.8, 4) is 33.3 Å². The van der Waals surface area contributed by atoms with E-state index in [1.54, 1.807) is 29.5 Å². The van der Waals surface area contributed by atoms with Gasteiger partial charge in [0.2, 0.25) is 11.8 Å². The number of thiazole rings is 1. The molecule has 0 bridgehead atoms. The standard InChI is InChI=1S/C45H50N8O6S/c1-25(2)40(44(57)53-23-31(54)17-36(53)43(56)48-26(3)28-9-11-29(12-10-28)41-27(4)47-24-60-41)38-19-39(51-59-38)58-16-15-52-14-13-45(52)20-30(21-45)34-22-46-42-33(34)18-35(49-50-42)32-7-5-6-8-37(32)55/h5-12,18-19,22,24-26,30-31,36,40,54-55H,13-17,20-21,23H2,1-4H3,(H,46,50)(H,48,56)/t26-,30?,31+,36-,40+,45?/m0/s1. The molecule has 2 aromatic carbocycles. The van der Waals surface area contributed by atoms with Crippen molar-refractivity contribution in [2.24, 2.45) is 5.92 Å². The molecular formula is C45H50N8O6S. The number of phenolic OH excluding ortho intramolecular Hbond substituents is 1. The number of aryl methyl sites for hydroxylation is 1. The van der Waals surface area contributed by atoms with Gasteiger partial charge in [-0.2, -0.15) is 0 Å². The van der Waals surface area contributed by atoms with Gasteiger partial charge in [0, 0.05) is 54.8 Å². The van der Waals surface area contributed by atoms with Crippen LogP contribution in [0.2, 0.25) is 0 Å². The lowest BCUT2D eigenvalue weighted by Gasteiger charge is -2.62. The topological polar surface area (TPSA) is 183 Å². The van der Waals surface area contributed by atoms with Crippen molar-refractivity contribution in [2.45, 2.75) is 88.9 Å². The molecule has 4 atom stereocenters. The van der Waals surface area contributed by atoms with Crippen LogP contribution in [0.4, 0.5) is 0 Å². The normalized spacial score (nSPS) is 22.5. The van der Waals surface area contributed by atoms with Crippen LogP contribution >= 0.6 is 11.3 Å². The summed E-state index contributed by atoms with van der Waals surface area (Å²) in [6.45, 7) is 9.95. The van der Waals surface area contributed by atoms with Gasteiger partial charge in [0.15, 0.2) is 11.4 Å². The van der Waals surface area contributed by atoms with Crippen LogP contribution in [0.15, 0.2) is 76.9 Å². The van der Waals surface area contributed by atoms with Gasteiger partial charge in [-0.1, -0.05) is 50.2 Å². The number of H-pyrrole nitrogens is 1. The lowest BCUT2D eigenvalue weighted by Crippen LogP contribution is -2.66. The van der Waals surface area contributed by atoms with Gasteiger partial charge in [0.25, 0.3) is 5.88 Å². The number of aromatic nitrogens is 5. The first-order chi connectivity index (χ1) is 29.0. The van der Waals surface area contributed by atoms with E-state index in [1.165, 1.54) is 10.5 Å². The zero-order valence-corrected chi connectivity index (χ0v) is 35.0. The van der Waals surface area contributed by atoms with Crippen LogP contribution in [0.5, 0.6) is 11.6 Å². The lowest BCUT2D eigenvalue weighted by atomic mass is 9.59. The van der Waals surface area contributed by atoms with Crippen LogP contribution in [-0.2, 0) is 9.59 Å². The highest BCUT2D eigenvalue weighted by Gasteiger charge is 2.54. The van der Waals surface area contributed by atoms with E-state index in [2.05, 4.69) is 35.5 Å². The van der Waals surface area contributed by atoms with Gasteiger partial charge in [-0.15, -0.1) is 21.5 Å². The number of phenols is 1. The summed E-state index contributed by atoms with van der Waals surface area (Å²) in [4.78, 5) is 40.6. The molecule has 1 saturated carbocycles. The minimum absolute atomic E-state index is 0.0566. The summed E-state index contributed by atoms with van der Waals surface area (Å²) in [7, 11) is 0. The van der Waals surface area contributed by atoms with Crippen molar-refractivity contribution in [3.63, 3.8) is 0 Å². The maximum Gasteiger partial charge on any atom is 0.254 e. The van der Waals surface area contributed by atoms with Crippen molar-refractivity contribution in [1.82, 2.24) is 40.4 Å². The Labute approximate surface area is 352 Å². The Kier molecular flexibility index (Phi) is 10.7. The third-order valence-electron chi connectivity index (χ3n) is 12.9. The maximum atomic E-state index is 14.2. The first kappa shape index (κ1) is 39.8. The molecule has 9 rings (SSSR count). The number of hydrogen-bond acceptors (Lipinski definition) is 12. The molecule has 6 heterocycles. The molecule has 15 heteroatoms. The van der Waals surface area contributed by atoms with E-state index in [-0.39, 0.29) is 48.0 Å². The summed E-state index contributed by atoms with van der Waals surface area (Å²) in [5.74, 6) is -0.251. The molecule has 14 nitrogen and oxygen atoms in total. The van der Waals surface area contributed by atoms with Crippen molar-refractivity contribution in [2.75, 3.05) is 26.2 Å². The van der Waals surface area contributed by atoms with Gasteiger partial charge >= 0.3 is 0 Å². The van der Waals surface area contributed by atoms with Gasteiger partial charge in [-0.05, 0) is 85.0 Å². The molecule has 0 radical (unpaired) electrons. The number of nitrogens with zero attached hydrogens (tertiary/aromatic N) is 6. The largest absolute Gasteiger partial charge is 0.507 e. The van der Waals surface area contributed by atoms with Crippen LogP contribution in [-0.4, -0.2) is 101 Å². The highest BCUT2D eigenvalue weighted by Crippen LogP contribution is 2.55. The number of β-amino-alcohol motifs (C(OH)–C–C–N with tert-alkyl or cyclic N) is 1. The minimum atomic E-state index is -0.824. The number of carbonyl (C=O) groups excluding carboxylic acids is 2. The van der Waals surface area contributed by atoms with E-state index in [0.717, 1.165) is 65.1 Å². The number of amides is 2. The number of aromatic amines is 1. The third-order valence-corrected chi connectivity index (χ3v) is 13.8. The fraction of sp³-hybridized carbons (Fsp3) is 0.422. The maximum absolute atomic E-state index is 14.2. The summed E-state index contributed by atoms with van der Waals surface area (Å²) in [6, 6.07) is 17.8. The number of aromatic hydroxyl groups is 1. The van der Waals surface area contributed by atoms with Crippen LogP contribution < -0.4 is 10.1 Å². The van der Waals surface area contributed by atoms with E-state index in [1.807, 2.05) is 81.9 Å². The Balaban J connectivity index is 0.793. The molecule has 2 aliphatic heterocycles. The first-order valence-corrected chi connectivity index (χ1v) is 21.6. The Hall–Kier alpha value is -5.64. The van der Waals surface area contributed by atoms with Crippen LogP contribution in [0.3, 0.4) is 0 Å². The van der Waals surface area contributed by atoms with Crippen molar-refractivity contribution in [1.29, 1.82) is 0 Å². The molecule has 2 saturated heterocycles. The Morgan fingerprint density at radius 1 is 1.10 bits per heavy atom. The summed E-state index contributed by atoms with van der Waals surface area (Å²) in [5.41, 5.74) is 8.22. The number of benzene rings is 2. The van der Waals surface area contributed by atoms with E-state index < -0.39 is 18.1 Å². The average molecular weight is 831 g/mol. The number of nitrogens with one attached hydrogen (secondary N) is 2. The molecule has 3 aliphatic rings. The van der Waals surface area contributed by atoms with Gasteiger partial charge < -0.3 is 34.7 Å².